The van der Waals surface area contributed by atoms with Crippen molar-refractivity contribution in [3.05, 3.63) is 58.6 Å². The van der Waals surface area contributed by atoms with Crippen LogP contribution in [0.25, 0.3) is 0 Å². The van der Waals surface area contributed by atoms with Crippen molar-refractivity contribution in [2.45, 2.75) is 6.92 Å². The zero-order chi connectivity index (χ0) is 13.8. The second-order valence-corrected chi connectivity index (χ2v) is 4.68. The van der Waals surface area contributed by atoms with Gasteiger partial charge in [0.2, 0.25) is 0 Å². The van der Waals surface area contributed by atoms with Gasteiger partial charge < -0.3 is 10.6 Å². The molecule has 0 aliphatic heterocycles. The lowest BCUT2D eigenvalue weighted by Crippen LogP contribution is -2.12. The molecule has 2 aromatic rings. The maximum atomic E-state index is 12.1. The summed E-state index contributed by atoms with van der Waals surface area (Å²) in [6.07, 6.45) is 0. The second kappa shape index (κ2) is 5.76. The quantitative estimate of drug-likeness (QED) is 0.890. The van der Waals surface area contributed by atoms with Gasteiger partial charge in [0.05, 0.1) is 0 Å². The summed E-state index contributed by atoms with van der Waals surface area (Å²) in [7, 11) is 1.84. The molecule has 2 N–H and O–H groups in total. The minimum Gasteiger partial charge on any atom is -0.388 e. The van der Waals surface area contributed by atoms with Gasteiger partial charge in [-0.1, -0.05) is 23.7 Å². The lowest BCUT2D eigenvalue weighted by molar-refractivity contribution is 0.102. The van der Waals surface area contributed by atoms with Crippen LogP contribution in [0.4, 0.5) is 11.4 Å². The molecular weight excluding hydrogens is 260 g/mol. The highest BCUT2D eigenvalue weighted by molar-refractivity contribution is 6.31. The highest BCUT2D eigenvalue weighted by atomic mass is 35.5. The predicted molar refractivity (Wildman–Crippen MR) is 80.1 cm³/mol. The first kappa shape index (κ1) is 13.4. The molecule has 19 heavy (non-hydrogen) atoms. The largest absolute Gasteiger partial charge is 0.388 e. The fourth-order valence-electron chi connectivity index (χ4n) is 1.74. The number of halogens is 1. The number of rotatable bonds is 3. The van der Waals surface area contributed by atoms with Crippen LogP contribution in [0, 0.1) is 6.92 Å². The molecule has 0 unspecified atom stereocenters. The van der Waals surface area contributed by atoms with Gasteiger partial charge in [0.15, 0.2) is 0 Å². The van der Waals surface area contributed by atoms with Crippen LogP contribution in [-0.4, -0.2) is 13.0 Å². The van der Waals surface area contributed by atoms with E-state index in [9.17, 15) is 4.79 Å². The van der Waals surface area contributed by atoms with E-state index in [-0.39, 0.29) is 5.91 Å². The summed E-state index contributed by atoms with van der Waals surface area (Å²) in [4.78, 5) is 12.1. The molecule has 0 aromatic heterocycles. The topological polar surface area (TPSA) is 41.1 Å². The highest BCUT2D eigenvalue weighted by Gasteiger charge is 2.08. The van der Waals surface area contributed by atoms with Crippen molar-refractivity contribution in [2.75, 3.05) is 17.7 Å². The molecular formula is C15H15ClN2O. The van der Waals surface area contributed by atoms with Gasteiger partial charge in [-0.25, -0.2) is 0 Å². The summed E-state index contributed by atoms with van der Waals surface area (Å²) in [5.41, 5.74) is 3.29. The van der Waals surface area contributed by atoms with Crippen LogP contribution in [0.1, 0.15) is 15.9 Å². The molecule has 1 amide bonds. The molecule has 0 saturated carbocycles. The van der Waals surface area contributed by atoms with E-state index < -0.39 is 0 Å². The van der Waals surface area contributed by atoms with E-state index in [4.69, 9.17) is 11.6 Å². The second-order valence-electron chi connectivity index (χ2n) is 4.24. The van der Waals surface area contributed by atoms with Crippen molar-refractivity contribution in [2.24, 2.45) is 0 Å². The average Bonchev–Trinajstić information content (AvgIpc) is 2.41. The van der Waals surface area contributed by atoms with Crippen molar-refractivity contribution in [1.82, 2.24) is 0 Å². The summed E-state index contributed by atoms with van der Waals surface area (Å²) in [5.74, 6) is -0.168. The van der Waals surface area contributed by atoms with Gasteiger partial charge >= 0.3 is 0 Å². The Balaban J connectivity index is 2.23. The van der Waals surface area contributed by atoms with E-state index in [2.05, 4.69) is 10.6 Å². The van der Waals surface area contributed by atoms with Gasteiger partial charge in [0, 0.05) is 29.0 Å². The molecule has 0 bridgehead atoms. The van der Waals surface area contributed by atoms with Gasteiger partial charge in [0.25, 0.3) is 5.91 Å². The number of carbonyl (C=O) groups is 1. The average molecular weight is 275 g/mol. The summed E-state index contributed by atoms with van der Waals surface area (Å²) in [5, 5.41) is 6.48. The van der Waals surface area contributed by atoms with Gasteiger partial charge in [-0.3, -0.25) is 4.79 Å². The smallest absolute Gasteiger partial charge is 0.255 e. The number of anilines is 2. The Hall–Kier alpha value is -2.00. The van der Waals surface area contributed by atoms with Crippen LogP contribution in [0.15, 0.2) is 42.5 Å². The van der Waals surface area contributed by atoms with Crippen LogP contribution >= 0.6 is 11.6 Å². The van der Waals surface area contributed by atoms with Crippen LogP contribution in [0.5, 0.6) is 0 Å². The number of nitrogens with one attached hydrogen (secondary N) is 2. The Bertz CT molecular complexity index is 611. The van der Waals surface area contributed by atoms with E-state index in [1.54, 1.807) is 24.3 Å². The van der Waals surface area contributed by atoms with Gasteiger partial charge in [-0.05, 0) is 42.8 Å². The molecule has 0 aliphatic rings. The number of hydrogen-bond acceptors (Lipinski definition) is 2. The van der Waals surface area contributed by atoms with Crippen molar-refractivity contribution >= 4 is 28.9 Å². The fourth-order valence-corrected chi connectivity index (χ4v) is 1.93. The van der Waals surface area contributed by atoms with Crippen molar-refractivity contribution < 1.29 is 4.79 Å². The molecule has 0 atom stereocenters. The normalized spacial score (nSPS) is 10.1. The van der Waals surface area contributed by atoms with Gasteiger partial charge in [0.1, 0.15) is 0 Å². The van der Waals surface area contributed by atoms with Gasteiger partial charge in [-0.15, -0.1) is 0 Å². The first-order valence-electron chi connectivity index (χ1n) is 5.95. The third-order valence-corrected chi connectivity index (χ3v) is 3.10. The molecule has 0 spiro atoms. The number of benzene rings is 2. The molecule has 98 valence electrons. The summed E-state index contributed by atoms with van der Waals surface area (Å²) < 4.78 is 0. The highest BCUT2D eigenvalue weighted by Crippen LogP contribution is 2.21. The number of hydrogen-bond donors (Lipinski definition) is 2. The maximum Gasteiger partial charge on any atom is 0.255 e. The van der Waals surface area contributed by atoms with E-state index in [0.29, 0.717) is 10.6 Å². The number of aryl methyl sites for hydroxylation is 1. The predicted octanol–water partition coefficient (Wildman–Crippen LogP) is 3.94. The minimum absolute atomic E-state index is 0.168. The van der Waals surface area contributed by atoms with E-state index in [1.165, 1.54) is 0 Å². The first-order valence-corrected chi connectivity index (χ1v) is 6.33. The van der Waals surface area contributed by atoms with Crippen molar-refractivity contribution in [1.29, 1.82) is 0 Å². The zero-order valence-electron chi connectivity index (χ0n) is 10.8. The molecule has 4 heteroatoms. The Kier molecular flexibility index (Phi) is 4.07. The lowest BCUT2D eigenvalue weighted by atomic mass is 10.1. The van der Waals surface area contributed by atoms with Crippen LogP contribution in [-0.2, 0) is 0 Å². The van der Waals surface area contributed by atoms with Gasteiger partial charge in [-0.2, -0.15) is 0 Å². The Morgan fingerprint density at radius 1 is 1.16 bits per heavy atom. The molecule has 2 rings (SSSR count). The molecule has 0 saturated heterocycles. The Labute approximate surface area is 117 Å². The first-order chi connectivity index (χ1) is 9.10. The third-order valence-electron chi connectivity index (χ3n) is 2.86. The van der Waals surface area contributed by atoms with Crippen LogP contribution in [0.3, 0.4) is 0 Å². The van der Waals surface area contributed by atoms with Crippen LogP contribution < -0.4 is 10.6 Å². The SMILES string of the molecule is CNc1ccc(C)c(NC(=O)c2cccc(Cl)c2)c1. The molecule has 2 aromatic carbocycles. The lowest BCUT2D eigenvalue weighted by Gasteiger charge is -2.10. The minimum atomic E-state index is -0.168. The summed E-state index contributed by atoms with van der Waals surface area (Å²) >= 11 is 5.88. The van der Waals surface area contributed by atoms with E-state index in [0.717, 1.165) is 16.9 Å². The van der Waals surface area contributed by atoms with Crippen molar-refractivity contribution in [3.63, 3.8) is 0 Å². The zero-order valence-corrected chi connectivity index (χ0v) is 11.6. The summed E-state index contributed by atoms with van der Waals surface area (Å²) in [6.45, 7) is 1.95. The van der Waals surface area contributed by atoms with E-state index >= 15 is 0 Å². The monoisotopic (exact) mass is 274 g/mol. The molecule has 3 nitrogen and oxygen atoms in total. The maximum absolute atomic E-state index is 12.1. The number of carbonyl (C=O) groups excluding carboxylic acids is 1. The molecule has 0 aliphatic carbocycles. The third kappa shape index (κ3) is 3.26. The molecule has 0 radical (unpaired) electrons. The molecule has 0 fully saturated rings. The van der Waals surface area contributed by atoms with E-state index in [1.807, 2.05) is 32.2 Å². The Morgan fingerprint density at radius 3 is 2.63 bits per heavy atom. The molecule has 0 heterocycles. The van der Waals surface area contributed by atoms with Crippen molar-refractivity contribution in [3.8, 4) is 0 Å². The van der Waals surface area contributed by atoms with Crippen LogP contribution in [0.2, 0.25) is 5.02 Å². The Morgan fingerprint density at radius 2 is 1.95 bits per heavy atom. The summed E-state index contributed by atoms with van der Waals surface area (Å²) in [6, 6.07) is 12.7. The standard InChI is InChI=1S/C15H15ClN2O/c1-10-6-7-13(17-2)9-14(10)18-15(19)11-4-3-5-12(16)8-11/h3-9,17H,1-2H3,(H,18,19). The number of amides is 1. The fraction of sp³-hybridized carbons (Fsp3) is 0.133.